The van der Waals surface area contributed by atoms with Gasteiger partial charge in [0.1, 0.15) is 30.5 Å². The van der Waals surface area contributed by atoms with Gasteiger partial charge in [0.2, 0.25) is 0 Å². The van der Waals surface area contributed by atoms with Gasteiger partial charge in [-0.25, -0.2) is 4.98 Å². The molecule has 2 aromatic heterocycles. The number of aromatic nitrogens is 2. The molecule has 2 aromatic carbocycles. The minimum Gasteiger partial charge on any atom is -0.486 e. The van der Waals surface area contributed by atoms with E-state index >= 15 is 0 Å². The topological polar surface area (TPSA) is 69.7 Å². The number of piperidine rings is 1. The number of benzene rings is 2. The highest BCUT2D eigenvalue weighted by Crippen LogP contribution is 2.30. The molecule has 176 valence electrons. The molecule has 0 aliphatic carbocycles. The second-order valence-electron chi connectivity index (χ2n) is 8.71. The number of carbonyl (C=O) groups excluding carboxylic acids is 1. The maximum absolute atomic E-state index is 12.9. The summed E-state index contributed by atoms with van der Waals surface area (Å²) in [4.78, 5) is 19.7. The quantitative estimate of drug-likeness (QED) is 0.383. The van der Waals surface area contributed by atoms with E-state index in [9.17, 15) is 4.79 Å². The molecule has 34 heavy (non-hydrogen) atoms. The standard InChI is InChI=1S/C27H29N3O4/c1-19-7-9-21(10-8-19)33-18-26-28-23-5-3-4-6-24(23)30(26)20-13-15-29(16-14-20)27(31)25-12-11-22(34-25)17-32-2/h3-12,20H,13-18H2,1-2H3. The first kappa shape index (κ1) is 22.2. The van der Waals surface area contributed by atoms with Crippen molar-refractivity contribution in [2.75, 3.05) is 20.2 Å². The third-order valence-electron chi connectivity index (χ3n) is 6.33. The van der Waals surface area contributed by atoms with Gasteiger partial charge in [-0.15, -0.1) is 0 Å². The van der Waals surface area contributed by atoms with E-state index in [2.05, 4.69) is 17.6 Å². The van der Waals surface area contributed by atoms with Crippen LogP contribution in [0.3, 0.4) is 0 Å². The van der Waals surface area contributed by atoms with E-state index in [4.69, 9.17) is 18.9 Å². The number of likely N-dealkylation sites (tertiary alicyclic amines) is 1. The molecule has 0 radical (unpaired) electrons. The minimum absolute atomic E-state index is 0.0702. The van der Waals surface area contributed by atoms with Crippen LogP contribution in [0.25, 0.3) is 11.0 Å². The van der Waals surface area contributed by atoms with Crippen LogP contribution >= 0.6 is 0 Å². The molecule has 1 amide bonds. The average molecular weight is 460 g/mol. The molecule has 3 heterocycles. The van der Waals surface area contributed by atoms with Crippen LogP contribution in [0, 0.1) is 6.92 Å². The number of amides is 1. The van der Waals surface area contributed by atoms with Gasteiger partial charge in [0.15, 0.2) is 5.76 Å². The van der Waals surface area contributed by atoms with E-state index in [1.165, 1.54) is 5.56 Å². The molecule has 0 atom stereocenters. The van der Waals surface area contributed by atoms with Crippen molar-refractivity contribution < 1.29 is 18.7 Å². The molecule has 7 heteroatoms. The fourth-order valence-electron chi connectivity index (χ4n) is 4.58. The van der Waals surface area contributed by atoms with Crippen LogP contribution in [-0.4, -0.2) is 40.6 Å². The smallest absolute Gasteiger partial charge is 0.289 e. The SMILES string of the molecule is COCc1ccc(C(=O)N2CCC(n3c(COc4ccc(C)cc4)nc4ccccc43)CC2)o1. The van der Waals surface area contributed by atoms with Crippen LogP contribution in [0.2, 0.25) is 0 Å². The predicted molar refractivity (Wildman–Crippen MR) is 129 cm³/mol. The Morgan fingerprint density at radius 2 is 1.79 bits per heavy atom. The van der Waals surface area contributed by atoms with Crippen LogP contribution in [-0.2, 0) is 18.0 Å². The lowest BCUT2D eigenvalue weighted by molar-refractivity contribution is 0.0654. The number of para-hydroxylation sites is 2. The molecule has 0 unspecified atom stereocenters. The first-order chi connectivity index (χ1) is 16.6. The highest BCUT2D eigenvalue weighted by molar-refractivity contribution is 5.91. The van der Waals surface area contributed by atoms with E-state index in [1.54, 1.807) is 19.2 Å². The lowest BCUT2D eigenvalue weighted by atomic mass is 10.0. The Bertz CT molecular complexity index is 1270. The molecule has 7 nitrogen and oxygen atoms in total. The molecule has 4 aromatic rings. The number of aryl methyl sites for hydroxylation is 1. The molecule has 5 rings (SSSR count). The van der Waals surface area contributed by atoms with Crippen molar-refractivity contribution in [3.8, 4) is 5.75 Å². The Hall–Kier alpha value is -3.58. The molecule has 1 aliphatic heterocycles. The third kappa shape index (κ3) is 4.56. The number of ether oxygens (including phenoxy) is 2. The number of hydrogen-bond donors (Lipinski definition) is 0. The molecular formula is C27H29N3O4. The van der Waals surface area contributed by atoms with Crippen LogP contribution in [0.1, 0.15) is 46.6 Å². The van der Waals surface area contributed by atoms with E-state index in [1.807, 2.05) is 47.4 Å². The van der Waals surface area contributed by atoms with Crippen LogP contribution in [0.5, 0.6) is 5.75 Å². The van der Waals surface area contributed by atoms with E-state index in [0.29, 0.717) is 37.8 Å². The largest absolute Gasteiger partial charge is 0.486 e. The lowest BCUT2D eigenvalue weighted by Gasteiger charge is -2.33. The van der Waals surface area contributed by atoms with Crippen LogP contribution in [0.4, 0.5) is 0 Å². The summed E-state index contributed by atoms with van der Waals surface area (Å²) < 4.78 is 19.1. The summed E-state index contributed by atoms with van der Waals surface area (Å²) in [5.41, 5.74) is 3.26. The average Bonchev–Trinajstić information content (AvgIpc) is 3.48. The Balaban J connectivity index is 1.31. The van der Waals surface area contributed by atoms with Crippen LogP contribution < -0.4 is 4.74 Å². The molecule has 1 saturated heterocycles. The van der Waals surface area contributed by atoms with Crippen molar-refractivity contribution in [3.63, 3.8) is 0 Å². The zero-order chi connectivity index (χ0) is 23.5. The zero-order valence-corrected chi connectivity index (χ0v) is 19.6. The van der Waals surface area contributed by atoms with Gasteiger partial charge in [-0.05, 0) is 56.2 Å². The number of rotatable bonds is 7. The number of fused-ring (bicyclic) bond motifs is 1. The monoisotopic (exact) mass is 459 g/mol. The van der Waals surface area contributed by atoms with Crippen molar-refractivity contribution in [1.29, 1.82) is 0 Å². The fraction of sp³-hybridized carbons (Fsp3) is 0.333. The van der Waals surface area contributed by atoms with E-state index in [0.717, 1.165) is 35.4 Å². The van der Waals surface area contributed by atoms with Crippen molar-refractivity contribution in [2.45, 2.75) is 39.0 Å². The van der Waals surface area contributed by atoms with Crippen molar-refractivity contribution in [3.05, 3.63) is 83.6 Å². The van der Waals surface area contributed by atoms with Crippen LogP contribution in [0.15, 0.2) is 65.1 Å². The maximum Gasteiger partial charge on any atom is 0.289 e. The molecule has 0 N–H and O–H groups in total. The Morgan fingerprint density at radius 1 is 1.03 bits per heavy atom. The summed E-state index contributed by atoms with van der Waals surface area (Å²) in [5.74, 6) is 2.69. The minimum atomic E-state index is -0.0702. The summed E-state index contributed by atoms with van der Waals surface area (Å²) in [6.45, 7) is 4.13. The lowest BCUT2D eigenvalue weighted by Crippen LogP contribution is -2.39. The van der Waals surface area contributed by atoms with E-state index < -0.39 is 0 Å². The molecular weight excluding hydrogens is 430 g/mol. The van der Waals surface area contributed by atoms with Gasteiger partial charge in [0, 0.05) is 26.2 Å². The number of nitrogens with zero attached hydrogens (tertiary/aromatic N) is 3. The summed E-state index contributed by atoms with van der Waals surface area (Å²) in [6, 6.07) is 20.0. The van der Waals surface area contributed by atoms with Crippen molar-refractivity contribution in [2.24, 2.45) is 0 Å². The summed E-state index contributed by atoms with van der Waals surface area (Å²) in [7, 11) is 1.61. The Labute approximate surface area is 198 Å². The Kier molecular flexibility index (Phi) is 6.36. The molecule has 1 aliphatic rings. The fourth-order valence-corrected chi connectivity index (χ4v) is 4.58. The second kappa shape index (κ2) is 9.73. The highest BCUT2D eigenvalue weighted by atomic mass is 16.5. The maximum atomic E-state index is 12.9. The van der Waals surface area contributed by atoms with Gasteiger partial charge < -0.3 is 23.4 Å². The van der Waals surface area contributed by atoms with Gasteiger partial charge >= 0.3 is 0 Å². The van der Waals surface area contributed by atoms with Gasteiger partial charge in [0.25, 0.3) is 5.91 Å². The van der Waals surface area contributed by atoms with Crippen molar-refractivity contribution in [1.82, 2.24) is 14.5 Å². The molecule has 1 fully saturated rings. The second-order valence-corrected chi connectivity index (χ2v) is 8.71. The van der Waals surface area contributed by atoms with Gasteiger partial charge in [-0.3, -0.25) is 4.79 Å². The Morgan fingerprint density at radius 3 is 2.56 bits per heavy atom. The van der Waals surface area contributed by atoms with Gasteiger partial charge in [0.05, 0.1) is 11.0 Å². The third-order valence-corrected chi connectivity index (χ3v) is 6.33. The molecule has 0 saturated carbocycles. The summed E-state index contributed by atoms with van der Waals surface area (Å²) in [5, 5.41) is 0. The first-order valence-electron chi connectivity index (χ1n) is 11.6. The first-order valence-corrected chi connectivity index (χ1v) is 11.6. The van der Waals surface area contributed by atoms with E-state index in [-0.39, 0.29) is 11.9 Å². The van der Waals surface area contributed by atoms with Gasteiger partial charge in [-0.2, -0.15) is 0 Å². The molecule has 0 bridgehead atoms. The zero-order valence-electron chi connectivity index (χ0n) is 19.6. The number of carbonyl (C=O) groups is 1. The predicted octanol–water partition coefficient (Wildman–Crippen LogP) is 5.14. The summed E-state index contributed by atoms with van der Waals surface area (Å²) >= 11 is 0. The number of imidazole rings is 1. The molecule has 0 spiro atoms. The normalized spacial score (nSPS) is 14.6. The summed E-state index contributed by atoms with van der Waals surface area (Å²) in [6.07, 6.45) is 1.69. The number of furan rings is 1. The van der Waals surface area contributed by atoms with Gasteiger partial charge in [-0.1, -0.05) is 29.8 Å². The highest BCUT2D eigenvalue weighted by Gasteiger charge is 2.28. The number of hydrogen-bond acceptors (Lipinski definition) is 5. The van der Waals surface area contributed by atoms with Crippen molar-refractivity contribution >= 4 is 16.9 Å². The number of methoxy groups -OCH3 is 1.